The molecule has 2 aliphatic rings. The van der Waals surface area contributed by atoms with Crippen LogP contribution in [0.4, 0.5) is 5.69 Å². The molecule has 0 aromatic heterocycles. The number of sulfonamides is 1. The number of esters is 1. The highest BCUT2D eigenvalue weighted by Crippen LogP contribution is 2.30. The van der Waals surface area contributed by atoms with Gasteiger partial charge >= 0.3 is 5.97 Å². The van der Waals surface area contributed by atoms with Gasteiger partial charge in [-0.2, -0.15) is 4.31 Å². The highest BCUT2D eigenvalue weighted by Gasteiger charge is 2.33. The lowest BCUT2D eigenvalue weighted by Crippen LogP contribution is -2.40. The van der Waals surface area contributed by atoms with Gasteiger partial charge in [-0.1, -0.05) is 6.07 Å². The summed E-state index contributed by atoms with van der Waals surface area (Å²) >= 11 is 0. The SMILES string of the molecule is Cc1ccc(NC(=O)[C@H](C)OC(=O)C2CC2)cc1S(=O)(=O)N1CCOCC1. The number of morpholine rings is 1. The van der Waals surface area contributed by atoms with Crippen LogP contribution in [0.5, 0.6) is 0 Å². The Labute approximate surface area is 158 Å². The summed E-state index contributed by atoms with van der Waals surface area (Å²) in [6.07, 6.45) is 0.653. The smallest absolute Gasteiger partial charge is 0.309 e. The molecule has 148 valence electrons. The first-order valence-electron chi connectivity index (χ1n) is 8.99. The molecule has 1 aromatic rings. The molecule has 8 nitrogen and oxygen atoms in total. The second-order valence-electron chi connectivity index (χ2n) is 6.84. The summed E-state index contributed by atoms with van der Waals surface area (Å²) in [7, 11) is -3.68. The molecule has 1 aliphatic heterocycles. The molecule has 3 rings (SSSR count). The van der Waals surface area contributed by atoms with Crippen molar-refractivity contribution in [3.8, 4) is 0 Å². The van der Waals surface area contributed by atoms with Gasteiger partial charge in [0.15, 0.2) is 6.10 Å². The van der Waals surface area contributed by atoms with Crippen LogP contribution in [-0.4, -0.2) is 57.0 Å². The molecular weight excluding hydrogens is 372 g/mol. The Morgan fingerprint density at radius 1 is 1.26 bits per heavy atom. The molecule has 1 atom stereocenters. The number of nitrogens with zero attached hydrogens (tertiary/aromatic N) is 1. The summed E-state index contributed by atoms with van der Waals surface area (Å²) in [6, 6.07) is 4.71. The van der Waals surface area contributed by atoms with Gasteiger partial charge in [0.25, 0.3) is 5.91 Å². The fraction of sp³-hybridized carbons (Fsp3) is 0.556. The van der Waals surface area contributed by atoms with Gasteiger partial charge in [0.1, 0.15) is 0 Å². The second kappa shape index (κ2) is 7.95. The number of amides is 1. The van der Waals surface area contributed by atoms with E-state index in [1.54, 1.807) is 19.1 Å². The number of nitrogens with one attached hydrogen (secondary N) is 1. The first-order chi connectivity index (χ1) is 12.8. The van der Waals surface area contributed by atoms with E-state index in [0.29, 0.717) is 37.6 Å². The Kier molecular flexibility index (Phi) is 5.83. The van der Waals surface area contributed by atoms with Crippen molar-refractivity contribution >= 4 is 27.6 Å². The average Bonchev–Trinajstić information content (AvgIpc) is 3.49. The number of benzene rings is 1. The predicted octanol–water partition coefficient (Wildman–Crippen LogP) is 1.30. The minimum Gasteiger partial charge on any atom is -0.452 e. The lowest BCUT2D eigenvalue weighted by Gasteiger charge is -2.27. The third-order valence-corrected chi connectivity index (χ3v) is 6.66. The van der Waals surface area contributed by atoms with Crippen molar-refractivity contribution in [3.05, 3.63) is 23.8 Å². The van der Waals surface area contributed by atoms with Crippen molar-refractivity contribution in [1.82, 2.24) is 4.31 Å². The molecule has 1 heterocycles. The normalized spacial score (nSPS) is 19.3. The average molecular weight is 396 g/mol. The first kappa shape index (κ1) is 19.8. The van der Waals surface area contributed by atoms with Crippen molar-refractivity contribution in [1.29, 1.82) is 0 Å². The van der Waals surface area contributed by atoms with Crippen LogP contribution in [0.3, 0.4) is 0 Å². The summed E-state index contributed by atoms with van der Waals surface area (Å²) in [5.41, 5.74) is 0.930. The number of carbonyl (C=O) groups is 2. The summed E-state index contributed by atoms with van der Waals surface area (Å²) in [5, 5.41) is 2.63. The molecular formula is C18H24N2O6S. The number of rotatable bonds is 6. The maximum absolute atomic E-state index is 12.9. The van der Waals surface area contributed by atoms with Crippen molar-refractivity contribution in [2.24, 2.45) is 5.92 Å². The first-order valence-corrected chi connectivity index (χ1v) is 10.4. The predicted molar refractivity (Wildman–Crippen MR) is 97.7 cm³/mol. The Balaban J connectivity index is 1.72. The molecule has 9 heteroatoms. The van der Waals surface area contributed by atoms with Crippen LogP contribution >= 0.6 is 0 Å². The van der Waals surface area contributed by atoms with E-state index in [9.17, 15) is 18.0 Å². The number of hydrogen-bond donors (Lipinski definition) is 1. The van der Waals surface area contributed by atoms with Gasteiger partial charge < -0.3 is 14.8 Å². The molecule has 1 aliphatic carbocycles. The van der Waals surface area contributed by atoms with Gasteiger partial charge in [-0.05, 0) is 44.4 Å². The third kappa shape index (κ3) is 4.66. The van der Waals surface area contributed by atoms with Crippen molar-refractivity contribution in [3.63, 3.8) is 0 Å². The fourth-order valence-corrected chi connectivity index (χ4v) is 4.43. The molecule has 1 N–H and O–H groups in total. The quantitative estimate of drug-likeness (QED) is 0.727. The Morgan fingerprint density at radius 3 is 2.56 bits per heavy atom. The van der Waals surface area contributed by atoms with Crippen molar-refractivity contribution in [2.45, 2.75) is 37.7 Å². The summed E-state index contributed by atoms with van der Waals surface area (Å²) < 4.78 is 37.5. The number of hydrogen-bond acceptors (Lipinski definition) is 6. The van der Waals surface area contributed by atoms with Crippen molar-refractivity contribution < 1.29 is 27.5 Å². The van der Waals surface area contributed by atoms with Crippen LogP contribution in [0.2, 0.25) is 0 Å². The monoisotopic (exact) mass is 396 g/mol. The van der Waals surface area contributed by atoms with Crippen LogP contribution in [0, 0.1) is 12.8 Å². The van der Waals surface area contributed by atoms with Gasteiger partial charge in [-0.3, -0.25) is 9.59 Å². The van der Waals surface area contributed by atoms with E-state index in [2.05, 4.69) is 5.32 Å². The number of carbonyl (C=O) groups excluding carboxylic acids is 2. The van der Waals surface area contributed by atoms with E-state index in [0.717, 1.165) is 12.8 Å². The van der Waals surface area contributed by atoms with E-state index in [1.165, 1.54) is 17.3 Å². The topological polar surface area (TPSA) is 102 Å². The zero-order valence-electron chi connectivity index (χ0n) is 15.4. The lowest BCUT2D eigenvalue weighted by atomic mass is 10.2. The van der Waals surface area contributed by atoms with E-state index >= 15 is 0 Å². The molecule has 0 unspecified atom stereocenters. The largest absolute Gasteiger partial charge is 0.452 e. The molecule has 2 fully saturated rings. The second-order valence-corrected chi connectivity index (χ2v) is 8.75. The minimum absolute atomic E-state index is 0.0927. The van der Waals surface area contributed by atoms with E-state index < -0.39 is 22.0 Å². The van der Waals surface area contributed by atoms with Crippen LogP contribution in [-0.2, 0) is 29.1 Å². The molecule has 0 bridgehead atoms. The molecule has 0 spiro atoms. The van der Waals surface area contributed by atoms with E-state index in [-0.39, 0.29) is 16.8 Å². The van der Waals surface area contributed by atoms with Crippen LogP contribution < -0.4 is 5.32 Å². The van der Waals surface area contributed by atoms with Gasteiger partial charge in [0, 0.05) is 18.8 Å². The van der Waals surface area contributed by atoms with Crippen molar-refractivity contribution in [2.75, 3.05) is 31.6 Å². The van der Waals surface area contributed by atoms with Gasteiger partial charge in [-0.15, -0.1) is 0 Å². The summed E-state index contributed by atoms with van der Waals surface area (Å²) in [4.78, 5) is 24.1. The maximum Gasteiger partial charge on any atom is 0.309 e. The van der Waals surface area contributed by atoms with E-state index in [1.807, 2.05) is 0 Å². The Hall–Kier alpha value is -1.97. The molecule has 1 amide bonds. The number of aryl methyl sites for hydroxylation is 1. The van der Waals surface area contributed by atoms with Gasteiger partial charge in [0.2, 0.25) is 10.0 Å². The fourth-order valence-electron chi connectivity index (χ4n) is 2.77. The molecule has 1 saturated carbocycles. The number of ether oxygens (including phenoxy) is 2. The molecule has 1 saturated heterocycles. The maximum atomic E-state index is 12.9. The van der Waals surface area contributed by atoms with Gasteiger partial charge in [0.05, 0.1) is 24.0 Å². The summed E-state index contributed by atoms with van der Waals surface area (Å²) in [5.74, 6) is -0.954. The zero-order chi connectivity index (χ0) is 19.6. The third-order valence-electron chi connectivity index (χ3n) is 4.62. The Bertz CT molecular complexity index is 828. The molecule has 0 radical (unpaired) electrons. The Morgan fingerprint density at radius 2 is 1.93 bits per heavy atom. The summed E-state index contributed by atoms with van der Waals surface area (Å²) in [6.45, 7) is 4.52. The van der Waals surface area contributed by atoms with Crippen LogP contribution in [0.25, 0.3) is 0 Å². The molecule has 27 heavy (non-hydrogen) atoms. The number of anilines is 1. The lowest BCUT2D eigenvalue weighted by molar-refractivity contribution is -0.154. The van der Waals surface area contributed by atoms with Crippen LogP contribution in [0.1, 0.15) is 25.3 Å². The zero-order valence-corrected chi connectivity index (χ0v) is 16.3. The highest BCUT2D eigenvalue weighted by molar-refractivity contribution is 7.89. The molecule has 1 aromatic carbocycles. The standard InChI is InChI=1S/C18H24N2O6S/c1-12-3-6-15(19-17(21)13(2)26-18(22)14-4-5-14)11-16(12)27(23,24)20-7-9-25-10-8-20/h3,6,11,13-14H,4-5,7-10H2,1-2H3,(H,19,21)/t13-/m0/s1. The van der Waals surface area contributed by atoms with Gasteiger partial charge in [-0.25, -0.2) is 8.42 Å². The van der Waals surface area contributed by atoms with Crippen LogP contribution in [0.15, 0.2) is 23.1 Å². The highest BCUT2D eigenvalue weighted by atomic mass is 32.2. The minimum atomic E-state index is -3.68. The van der Waals surface area contributed by atoms with E-state index in [4.69, 9.17) is 9.47 Å².